The van der Waals surface area contributed by atoms with Crippen LogP contribution in [0.4, 0.5) is 0 Å². The molecule has 0 unspecified atom stereocenters. The minimum absolute atomic E-state index is 0.0526. The van der Waals surface area contributed by atoms with Crippen molar-refractivity contribution in [3.05, 3.63) is 48.8 Å². The Kier molecular flexibility index (Phi) is 5.08. The van der Waals surface area contributed by atoms with Crippen molar-refractivity contribution in [1.29, 1.82) is 0 Å². The molecule has 0 N–H and O–H groups in total. The van der Waals surface area contributed by atoms with Gasteiger partial charge in [-0.15, -0.1) is 0 Å². The number of aromatic nitrogens is 1. The lowest BCUT2D eigenvalue weighted by Gasteiger charge is -2.34. The summed E-state index contributed by atoms with van der Waals surface area (Å²) in [6, 6.07) is 11.9. The van der Waals surface area contributed by atoms with Crippen LogP contribution >= 0.6 is 0 Å². The maximum absolute atomic E-state index is 12.6. The number of likely N-dealkylation sites (tertiary alicyclic amines) is 1. The maximum atomic E-state index is 12.6. The largest absolute Gasteiger partial charge is 0.497 e. The molecule has 1 amide bonds. The second-order valence-corrected chi connectivity index (χ2v) is 6.12. The second-order valence-electron chi connectivity index (χ2n) is 6.12. The molecule has 128 valence electrons. The summed E-state index contributed by atoms with van der Waals surface area (Å²) in [7, 11) is 1.62. The summed E-state index contributed by atoms with van der Waals surface area (Å²) < 4.78 is 13.1. The van der Waals surface area contributed by atoms with Gasteiger partial charge >= 0.3 is 0 Å². The fourth-order valence-electron chi connectivity index (χ4n) is 3.14. The smallest absolute Gasteiger partial charge is 0.263 e. The molecule has 1 atom stereocenters. The molecule has 1 saturated heterocycles. The Morgan fingerprint density at radius 1 is 1.08 bits per heavy atom. The molecule has 1 aliphatic heterocycles. The topological polar surface area (TPSA) is 43.7 Å². The molecule has 1 aromatic heterocycles. The zero-order valence-electron chi connectivity index (χ0n) is 14.2. The van der Waals surface area contributed by atoms with Crippen molar-refractivity contribution in [1.82, 2.24) is 9.47 Å². The lowest BCUT2D eigenvalue weighted by molar-refractivity contribution is -0.139. The van der Waals surface area contributed by atoms with Crippen LogP contribution in [-0.2, 0) is 4.79 Å². The van der Waals surface area contributed by atoms with Crippen LogP contribution in [0.25, 0.3) is 0 Å². The molecule has 24 heavy (non-hydrogen) atoms. The highest BCUT2D eigenvalue weighted by molar-refractivity contribution is 5.81. The molecule has 1 aromatic carbocycles. The van der Waals surface area contributed by atoms with Crippen LogP contribution in [0.3, 0.4) is 0 Å². The minimum Gasteiger partial charge on any atom is -0.497 e. The van der Waals surface area contributed by atoms with Crippen LogP contribution in [0.15, 0.2) is 48.8 Å². The van der Waals surface area contributed by atoms with E-state index in [-0.39, 0.29) is 5.91 Å². The third-order valence-corrected chi connectivity index (χ3v) is 4.55. The molecular weight excluding hydrogens is 304 g/mol. The van der Waals surface area contributed by atoms with E-state index in [1.54, 1.807) is 7.11 Å². The average molecular weight is 328 g/mol. The molecule has 1 fully saturated rings. The molecule has 0 bridgehead atoms. The first-order chi connectivity index (χ1) is 11.7. The molecule has 1 aliphatic rings. The average Bonchev–Trinajstić information content (AvgIpc) is 3.16. The predicted octanol–water partition coefficient (Wildman–Crippen LogP) is 3.13. The number of rotatable bonds is 5. The van der Waals surface area contributed by atoms with Gasteiger partial charge in [-0.1, -0.05) is 0 Å². The van der Waals surface area contributed by atoms with Gasteiger partial charge in [0.1, 0.15) is 11.5 Å². The minimum atomic E-state index is -0.485. The summed E-state index contributed by atoms with van der Waals surface area (Å²) in [6.07, 6.45) is 5.67. The van der Waals surface area contributed by atoms with Crippen molar-refractivity contribution in [3.8, 4) is 11.5 Å². The number of methoxy groups -OCH3 is 1. The molecular formula is C19H24N2O3. The van der Waals surface area contributed by atoms with Crippen molar-refractivity contribution in [2.45, 2.75) is 31.9 Å². The highest BCUT2D eigenvalue weighted by Gasteiger charge is 2.27. The van der Waals surface area contributed by atoms with Crippen molar-refractivity contribution in [2.75, 3.05) is 20.2 Å². The zero-order chi connectivity index (χ0) is 16.9. The van der Waals surface area contributed by atoms with Gasteiger partial charge in [-0.25, -0.2) is 0 Å². The second kappa shape index (κ2) is 7.43. The van der Waals surface area contributed by atoms with Gasteiger partial charge in [0.25, 0.3) is 5.91 Å². The van der Waals surface area contributed by atoms with Crippen molar-refractivity contribution < 1.29 is 14.3 Å². The lowest BCUT2D eigenvalue weighted by atomic mass is 10.0. The quantitative estimate of drug-likeness (QED) is 0.847. The number of piperidine rings is 1. The van der Waals surface area contributed by atoms with Crippen molar-refractivity contribution in [2.24, 2.45) is 0 Å². The summed E-state index contributed by atoms with van der Waals surface area (Å²) in [5.41, 5.74) is 0. The van der Waals surface area contributed by atoms with Crippen LogP contribution in [0.5, 0.6) is 11.5 Å². The van der Waals surface area contributed by atoms with Gasteiger partial charge in [0.15, 0.2) is 6.10 Å². The molecule has 0 saturated carbocycles. The Morgan fingerprint density at radius 3 is 2.25 bits per heavy atom. The van der Waals surface area contributed by atoms with E-state index in [0.717, 1.165) is 31.7 Å². The van der Waals surface area contributed by atoms with Gasteiger partial charge in [-0.2, -0.15) is 0 Å². The van der Waals surface area contributed by atoms with Crippen LogP contribution in [0.1, 0.15) is 25.8 Å². The number of amides is 1. The van der Waals surface area contributed by atoms with Gasteiger partial charge in [-0.3, -0.25) is 4.79 Å². The van der Waals surface area contributed by atoms with Gasteiger partial charge in [-0.05, 0) is 56.2 Å². The Hall–Kier alpha value is -2.43. The molecule has 0 aliphatic carbocycles. The Bertz CT molecular complexity index is 644. The normalized spacial score (nSPS) is 16.7. The standard InChI is InChI=1S/C19H24N2O3/c1-15(24-18-7-5-17(23-2)6-8-18)19(22)21-13-9-16(10-14-21)20-11-3-4-12-20/h3-8,11-12,15-16H,9-10,13-14H2,1-2H3/t15-/m1/s1. The number of hydrogen-bond donors (Lipinski definition) is 0. The predicted molar refractivity (Wildman–Crippen MR) is 92.4 cm³/mol. The summed E-state index contributed by atoms with van der Waals surface area (Å²) in [5.74, 6) is 1.50. The number of nitrogens with zero attached hydrogens (tertiary/aromatic N) is 2. The first-order valence-corrected chi connectivity index (χ1v) is 8.39. The fourth-order valence-corrected chi connectivity index (χ4v) is 3.14. The van der Waals surface area contributed by atoms with Gasteiger partial charge in [0.05, 0.1) is 7.11 Å². The van der Waals surface area contributed by atoms with E-state index in [2.05, 4.69) is 17.0 Å². The first-order valence-electron chi connectivity index (χ1n) is 8.39. The van der Waals surface area contributed by atoms with E-state index in [9.17, 15) is 4.79 Å². The van der Waals surface area contributed by atoms with E-state index in [1.165, 1.54) is 0 Å². The number of ether oxygens (including phenoxy) is 2. The lowest BCUT2D eigenvalue weighted by Crippen LogP contribution is -2.45. The van der Waals surface area contributed by atoms with E-state index in [0.29, 0.717) is 11.8 Å². The summed E-state index contributed by atoms with van der Waals surface area (Å²) in [4.78, 5) is 14.5. The highest BCUT2D eigenvalue weighted by atomic mass is 16.5. The Labute approximate surface area is 142 Å². The molecule has 2 aromatic rings. The van der Waals surface area contributed by atoms with Crippen molar-refractivity contribution >= 4 is 5.91 Å². The van der Waals surface area contributed by atoms with E-state index < -0.39 is 6.10 Å². The monoisotopic (exact) mass is 328 g/mol. The molecule has 3 rings (SSSR count). The third kappa shape index (κ3) is 3.72. The van der Waals surface area contributed by atoms with Crippen molar-refractivity contribution in [3.63, 3.8) is 0 Å². The number of hydrogen-bond acceptors (Lipinski definition) is 3. The third-order valence-electron chi connectivity index (χ3n) is 4.55. The molecule has 2 heterocycles. The van der Waals surface area contributed by atoms with Gasteiger partial charge in [0, 0.05) is 31.5 Å². The Morgan fingerprint density at radius 2 is 1.67 bits per heavy atom. The zero-order valence-corrected chi connectivity index (χ0v) is 14.2. The van der Waals surface area contributed by atoms with Crippen LogP contribution < -0.4 is 9.47 Å². The summed E-state index contributed by atoms with van der Waals surface area (Å²) in [5, 5.41) is 0. The number of benzene rings is 1. The van der Waals surface area contributed by atoms with Crippen LogP contribution in [0.2, 0.25) is 0 Å². The SMILES string of the molecule is COc1ccc(O[C@H](C)C(=O)N2CCC(n3cccc3)CC2)cc1. The number of carbonyl (C=O) groups is 1. The molecule has 5 nitrogen and oxygen atoms in total. The molecule has 0 spiro atoms. The summed E-state index contributed by atoms with van der Waals surface area (Å²) in [6.45, 7) is 3.36. The Balaban J connectivity index is 1.52. The van der Waals surface area contributed by atoms with Gasteiger partial charge in [0.2, 0.25) is 0 Å². The molecule has 5 heteroatoms. The summed E-state index contributed by atoms with van der Waals surface area (Å²) >= 11 is 0. The van der Waals surface area contributed by atoms with Crippen LogP contribution in [0, 0.1) is 0 Å². The first kappa shape index (κ1) is 16.4. The maximum Gasteiger partial charge on any atom is 0.263 e. The molecule has 0 radical (unpaired) electrons. The number of carbonyl (C=O) groups excluding carboxylic acids is 1. The fraction of sp³-hybridized carbons (Fsp3) is 0.421. The van der Waals surface area contributed by atoms with E-state index >= 15 is 0 Å². The van der Waals surface area contributed by atoms with Gasteiger partial charge < -0.3 is 18.9 Å². The van der Waals surface area contributed by atoms with E-state index in [1.807, 2.05) is 48.2 Å². The highest BCUT2D eigenvalue weighted by Crippen LogP contribution is 2.24. The van der Waals surface area contributed by atoms with E-state index in [4.69, 9.17) is 9.47 Å². The van der Waals surface area contributed by atoms with Crippen LogP contribution in [-0.4, -0.2) is 41.7 Å².